The van der Waals surface area contributed by atoms with E-state index in [1.807, 2.05) is 29.4 Å². The summed E-state index contributed by atoms with van der Waals surface area (Å²) in [5, 5.41) is 4.16. The van der Waals surface area contributed by atoms with E-state index in [-0.39, 0.29) is 0 Å². The Balaban J connectivity index is 1.82. The van der Waals surface area contributed by atoms with Gasteiger partial charge in [-0.3, -0.25) is 9.58 Å². The minimum absolute atomic E-state index is 0.575. The smallest absolute Gasteiger partial charge is 0.145 e. The quantitative estimate of drug-likeness (QED) is 0.871. The van der Waals surface area contributed by atoms with E-state index in [0.29, 0.717) is 5.82 Å². The molecule has 0 atom stereocenters. The summed E-state index contributed by atoms with van der Waals surface area (Å²) in [5.74, 6) is 0.575. The maximum absolute atomic E-state index is 5.56. The number of aryl methyl sites for hydroxylation is 1. The van der Waals surface area contributed by atoms with E-state index in [1.54, 1.807) is 11.3 Å². The third kappa shape index (κ3) is 3.28. The number of rotatable bonds is 5. The summed E-state index contributed by atoms with van der Waals surface area (Å²) in [7, 11) is 2.10. The van der Waals surface area contributed by atoms with Crippen molar-refractivity contribution >= 4 is 17.2 Å². The van der Waals surface area contributed by atoms with Crippen molar-refractivity contribution in [1.82, 2.24) is 19.7 Å². The Kier molecular flexibility index (Phi) is 3.75. The summed E-state index contributed by atoms with van der Waals surface area (Å²) < 4.78 is 1.87. The molecule has 6 heteroatoms. The molecule has 2 rings (SSSR count). The number of nitrogen functional groups attached to an aromatic ring is 1. The molecule has 2 aromatic heterocycles. The Bertz CT molecular complexity index is 476. The molecular formula is C11H17N5S. The molecule has 0 aliphatic rings. The van der Waals surface area contributed by atoms with Gasteiger partial charge in [-0.15, -0.1) is 11.3 Å². The molecule has 0 aliphatic heterocycles. The first-order valence-electron chi connectivity index (χ1n) is 5.51. The van der Waals surface area contributed by atoms with Crippen molar-refractivity contribution < 1.29 is 0 Å². The topological polar surface area (TPSA) is 60.0 Å². The summed E-state index contributed by atoms with van der Waals surface area (Å²) in [6.45, 7) is 4.78. The third-order valence-corrected chi connectivity index (χ3v) is 3.55. The van der Waals surface area contributed by atoms with E-state index < -0.39 is 0 Å². The van der Waals surface area contributed by atoms with Gasteiger partial charge in [-0.05, 0) is 20.0 Å². The van der Waals surface area contributed by atoms with Gasteiger partial charge < -0.3 is 5.73 Å². The van der Waals surface area contributed by atoms with Crippen LogP contribution >= 0.6 is 11.3 Å². The lowest BCUT2D eigenvalue weighted by Crippen LogP contribution is -2.23. The third-order valence-electron chi connectivity index (χ3n) is 2.63. The van der Waals surface area contributed by atoms with Gasteiger partial charge in [-0.1, -0.05) is 0 Å². The van der Waals surface area contributed by atoms with Crippen molar-refractivity contribution in [1.29, 1.82) is 0 Å². The van der Waals surface area contributed by atoms with E-state index in [0.717, 1.165) is 25.3 Å². The van der Waals surface area contributed by atoms with Crippen LogP contribution in [0.3, 0.4) is 0 Å². The first kappa shape index (κ1) is 12.1. The monoisotopic (exact) mass is 251 g/mol. The Morgan fingerprint density at radius 1 is 1.53 bits per heavy atom. The van der Waals surface area contributed by atoms with E-state index in [4.69, 9.17) is 5.73 Å². The van der Waals surface area contributed by atoms with E-state index in [1.165, 1.54) is 4.88 Å². The van der Waals surface area contributed by atoms with Crippen LogP contribution in [-0.2, 0) is 13.1 Å². The molecule has 92 valence electrons. The van der Waals surface area contributed by atoms with Crippen molar-refractivity contribution in [3.8, 4) is 0 Å². The molecule has 2 N–H and O–H groups in total. The summed E-state index contributed by atoms with van der Waals surface area (Å²) in [4.78, 5) is 7.84. The Hall–Kier alpha value is -1.40. The number of likely N-dealkylation sites (N-methyl/N-ethyl adjacent to an activating group) is 1. The number of nitrogens with two attached hydrogens (primary N) is 1. The molecule has 0 aliphatic carbocycles. The Morgan fingerprint density at radius 2 is 2.35 bits per heavy atom. The van der Waals surface area contributed by atoms with Crippen molar-refractivity contribution in [3.05, 3.63) is 28.3 Å². The minimum atomic E-state index is 0.575. The zero-order valence-corrected chi connectivity index (χ0v) is 10.9. The molecule has 0 aromatic carbocycles. The number of aromatic nitrogens is 3. The zero-order valence-electron chi connectivity index (χ0n) is 10.1. The van der Waals surface area contributed by atoms with Crippen LogP contribution in [0.25, 0.3) is 0 Å². The molecule has 2 aromatic rings. The molecule has 0 radical (unpaired) electrons. The van der Waals surface area contributed by atoms with E-state index in [9.17, 15) is 0 Å². The summed E-state index contributed by atoms with van der Waals surface area (Å²) in [5.41, 5.74) is 8.59. The molecule has 17 heavy (non-hydrogen) atoms. The fraction of sp³-hybridized carbons (Fsp3) is 0.455. The highest BCUT2D eigenvalue weighted by Crippen LogP contribution is 2.13. The number of thiazole rings is 1. The van der Waals surface area contributed by atoms with Gasteiger partial charge in [-0.2, -0.15) is 5.10 Å². The van der Waals surface area contributed by atoms with Gasteiger partial charge in [0.1, 0.15) is 5.82 Å². The Morgan fingerprint density at radius 3 is 2.94 bits per heavy atom. The van der Waals surface area contributed by atoms with Gasteiger partial charge in [0.05, 0.1) is 17.7 Å². The van der Waals surface area contributed by atoms with Gasteiger partial charge in [0.25, 0.3) is 0 Å². The fourth-order valence-electron chi connectivity index (χ4n) is 1.58. The summed E-state index contributed by atoms with van der Waals surface area (Å²) >= 11 is 1.71. The maximum atomic E-state index is 5.56. The zero-order chi connectivity index (χ0) is 12.3. The lowest BCUT2D eigenvalue weighted by Gasteiger charge is -2.15. The SMILES string of the molecule is Cc1ncsc1CN(C)CCn1ccc(N)n1. The minimum Gasteiger partial charge on any atom is -0.382 e. The average Bonchev–Trinajstić information content (AvgIpc) is 2.86. The average molecular weight is 251 g/mol. The predicted molar refractivity (Wildman–Crippen MR) is 69.8 cm³/mol. The molecule has 0 bridgehead atoms. The maximum Gasteiger partial charge on any atom is 0.145 e. The van der Waals surface area contributed by atoms with Crippen LogP contribution in [0.5, 0.6) is 0 Å². The first-order chi connectivity index (χ1) is 8.15. The molecule has 0 unspecified atom stereocenters. The second kappa shape index (κ2) is 5.29. The van der Waals surface area contributed by atoms with Gasteiger partial charge >= 0.3 is 0 Å². The highest BCUT2D eigenvalue weighted by Gasteiger charge is 2.05. The van der Waals surface area contributed by atoms with Crippen LogP contribution in [0, 0.1) is 6.92 Å². The van der Waals surface area contributed by atoms with Crippen LogP contribution < -0.4 is 5.73 Å². The van der Waals surface area contributed by atoms with Gasteiger partial charge in [-0.25, -0.2) is 4.98 Å². The first-order valence-corrected chi connectivity index (χ1v) is 6.39. The fourth-order valence-corrected chi connectivity index (χ4v) is 2.43. The van der Waals surface area contributed by atoms with Crippen LogP contribution in [0.1, 0.15) is 10.6 Å². The Labute approximate surface area is 105 Å². The van der Waals surface area contributed by atoms with Crippen LogP contribution in [0.15, 0.2) is 17.8 Å². The molecular weight excluding hydrogens is 234 g/mol. The highest BCUT2D eigenvalue weighted by atomic mass is 32.1. The molecule has 0 saturated heterocycles. The summed E-state index contributed by atoms with van der Waals surface area (Å²) in [6, 6.07) is 1.81. The number of hydrogen-bond donors (Lipinski definition) is 1. The van der Waals surface area contributed by atoms with Crippen molar-refractivity contribution in [2.24, 2.45) is 0 Å². The molecule has 5 nitrogen and oxygen atoms in total. The van der Waals surface area contributed by atoms with Crippen LogP contribution in [0.4, 0.5) is 5.82 Å². The molecule has 0 spiro atoms. The summed E-state index contributed by atoms with van der Waals surface area (Å²) in [6.07, 6.45) is 1.90. The molecule has 0 fully saturated rings. The van der Waals surface area contributed by atoms with Gasteiger partial charge in [0, 0.05) is 24.2 Å². The van der Waals surface area contributed by atoms with Gasteiger partial charge in [0.15, 0.2) is 0 Å². The van der Waals surface area contributed by atoms with Crippen molar-refractivity contribution in [2.75, 3.05) is 19.3 Å². The van der Waals surface area contributed by atoms with Crippen LogP contribution in [-0.4, -0.2) is 33.3 Å². The van der Waals surface area contributed by atoms with E-state index >= 15 is 0 Å². The van der Waals surface area contributed by atoms with Crippen molar-refractivity contribution in [3.63, 3.8) is 0 Å². The second-order valence-electron chi connectivity index (χ2n) is 4.10. The highest BCUT2D eigenvalue weighted by molar-refractivity contribution is 7.09. The number of hydrogen-bond acceptors (Lipinski definition) is 5. The number of nitrogens with zero attached hydrogens (tertiary/aromatic N) is 4. The molecule has 0 saturated carbocycles. The van der Waals surface area contributed by atoms with E-state index in [2.05, 4.69) is 22.0 Å². The van der Waals surface area contributed by atoms with Gasteiger partial charge in [0.2, 0.25) is 0 Å². The second-order valence-corrected chi connectivity index (χ2v) is 5.04. The number of anilines is 1. The lowest BCUT2D eigenvalue weighted by atomic mass is 10.3. The lowest BCUT2D eigenvalue weighted by molar-refractivity contribution is 0.307. The van der Waals surface area contributed by atoms with Crippen molar-refractivity contribution in [2.45, 2.75) is 20.0 Å². The molecule has 0 amide bonds. The largest absolute Gasteiger partial charge is 0.382 e. The van der Waals surface area contributed by atoms with Crippen LogP contribution in [0.2, 0.25) is 0 Å². The molecule has 2 heterocycles. The standard InChI is InChI=1S/C11H17N5S/c1-9-10(17-8-13-9)7-15(2)5-6-16-4-3-11(12)14-16/h3-4,8H,5-7H2,1-2H3,(H2,12,14). The predicted octanol–water partition coefficient (Wildman–Crippen LogP) is 1.36. The normalized spacial score (nSPS) is 11.2.